The fraction of sp³-hybridized carbons (Fsp3) is 0.522. The van der Waals surface area contributed by atoms with Gasteiger partial charge in [0, 0.05) is 23.8 Å². The van der Waals surface area contributed by atoms with Crippen molar-refractivity contribution in [2.24, 2.45) is 0 Å². The van der Waals surface area contributed by atoms with E-state index in [2.05, 4.69) is 5.32 Å². The summed E-state index contributed by atoms with van der Waals surface area (Å²) >= 11 is 0. The summed E-state index contributed by atoms with van der Waals surface area (Å²) in [6.07, 6.45) is 7.10. The molecule has 0 atom stereocenters. The number of fused-ring (bicyclic) bond motifs is 2. The van der Waals surface area contributed by atoms with Crippen molar-refractivity contribution in [3.8, 4) is 11.5 Å². The van der Waals surface area contributed by atoms with E-state index in [1.54, 1.807) is 0 Å². The zero-order valence-corrected chi connectivity index (χ0v) is 17.5. The van der Waals surface area contributed by atoms with Crippen LogP contribution in [-0.2, 0) is 30.7 Å². The van der Waals surface area contributed by atoms with E-state index in [0.717, 1.165) is 49.8 Å². The van der Waals surface area contributed by atoms with Gasteiger partial charge in [-0.15, -0.1) is 0 Å². The molecule has 0 radical (unpaired) electrons. The number of ether oxygens (including phenoxy) is 2. The first-order valence-electron chi connectivity index (χ1n) is 11.1. The summed E-state index contributed by atoms with van der Waals surface area (Å²) < 4.78 is 13.7. The maximum absolute atomic E-state index is 13.3. The minimum atomic E-state index is -0.337. The average molecular weight is 425 g/mol. The Morgan fingerprint density at radius 3 is 2.68 bits per heavy atom. The predicted molar refractivity (Wildman–Crippen MR) is 114 cm³/mol. The first kappa shape index (κ1) is 19.9. The van der Waals surface area contributed by atoms with Gasteiger partial charge < -0.3 is 14.8 Å². The Kier molecular flexibility index (Phi) is 5.29. The Hall–Kier alpha value is -3.03. The molecule has 164 valence electrons. The SMILES string of the molecule is O=C(Cn1c2c(c(=O)n(C3CCCCC3)c1=O)CCC2)NCc1ccc2c(c1)OCO2. The monoisotopic (exact) mass is 425 g/mol. The van der Waals surface area contributed by atoms with Gasteiger partial charge in [-0.05, 0) is 49.8 Å². The fourth-order valence-electron chi connectivity index (χ4n) is 5.01. The van der Waals surface area contributed by atoms with Crippen molar-refractivity contribution in [3.63, 3.8) is 0 Å². The van der Waals surface area contributed by atoms with E-state index in [1.165, 1.54) is 9.13 Å². The van der Waals surface area contributed by atoms with Crippen LogP contribution in [-0.4, -0.2) is 21.8 Å². The molecule has 1 fully saturated rings. The van der Waals surface area contributed by atoms with E-state index in [-0.39, 0.29) is 36.5 Å². The molecule has 1 aliphatic heterocycles. The van der Waals surface area contributed by atoms with Crippen molar-refractivity contribution < 1.29 is 14.3 Å². The molecule has 5 rings (SSSR count). The van der Waals surface area contributed by atoms with Crippen LogP contribution in [0.15, 0.2) is 27.8 Å². The standard InChI is InChI=1S/C23H27N3O5/c27-21(24-12-15-9-10-19-20(11-15)31-14-30-19)13-25-18-8-4-7-17(18)22(28)26(23(25)29)16-5-2-1-3-6-16/h9-11,16H,1-8,12-14H2,(H,24,27). The summed E-state index contributed by atoms with van der Waals surface area (Å²) in [7, 11) is 0. The van der Waals surface area contributed by atoms with Crippen molar-refractivity contribution in [3.05, 3.63) is 55.9 Å². The van der Waals surface area contributed by atoms with Crippen LogP contribution in [0.1, 0.15) is 61.4 Å². The predicted octanol–water partition coefficient (Wildman–Crippen LogP) is 2.05. The van der Waals surface area contributed by atoms with Gasteiger partial charge in [0.2, 0.25) is 12.7 Å². The number of hydrogen-bond donors (Lipinski definition) is 1. The first-order valence-corrected chi connectivity index (χ1v) is 11.1. The highest BCUT2D eigenvalue weighted by atomic mass is 16.7. The number of nitrogens with one attached hydrogen (secondary N) is 1. The van der Waals surface area contributed by atoms with Crippen molar-refractivity contribution in [2.45, 2.75) is 70.5 Å². The highest BCUT2D eigenvalue weighted by Crippen LogP contribution is 2.32. The smallest absolute Gasteiger partial charge is 0.331 e. The zero-order valence-electron chi connectivity index (χ0n) is 17.5. The molecule has 31 heavy (non-hydrogen) atoms. The number of carbonyl (C=O) groups excluding carboxylic acids is 1. The van der Waals surface area contributed by atoms with E-state index < -0.39 is 0 Å². The first-order chi connectivity index (χ1) is 15.1. The Labute approximate surface area is 179 Å². The summed E-state index contributed by atoms with van der Waals surface area (Å²) in [4.78, 5) is 39.1. The van der Waals surface area contributed by atoms with Gasteiger partial charge >= 0.3 is 5.69 Å². The molecule has 1 amide bonds. The maximum atomic E-state index is 13.3. The van der Waals surface area contributed by atoms with Gasteiger partial charge in [0.05, 0.1) is 0 Å². The fourth-order valence-corrected chi connectivity index (χ4v) is 5.01. The molecule has 2 aromatic rings. The number of hydrogen-bond acceptors (Lipinski definition) is 5. The maximum Gasteiger partial charge on any atom is 0.331 e. The Morgan fingerprint density at radius 1 is 1.03 bits per heavy atom. The minimum Gasteiger partial charge on any atom is -0.454 e. The normalized spacial score (nSPS) is 17.5. The number of rotatable bonds is 5. The van der Waals surface area contributed by atoms with Gasteiger partial charge in [0.15, 0.2) is 11.5 Å². The molecule has 0 spiro atoms. The molecule has 8 nitrogen and oxygen atoms in total. The molecule has 1 aromatic heterocycles. The van der Waals surface area contributed by atoms with Gasteiger partial charge in [-0.1, -0.05) is 25.3 Å². The largest absolute Gasteiger partial charge is 0.454 e. The second-order valence-corrected chi connectivity index (χ2v) is 8.58. The third-order valence-corrected chi connectivity index (χ3v) is 6.60. The Bertz CT molecular complexity index is 1130. The summed E-state index contributed by atoms with van der Waals surface area (Å²) in [5.74, 6) is 1.12. The van der Waals surface area contributed by atoms with Crippen LogP contribution in [0.25, 0.3) is 0 Å². The molecule has 0 saturated heterocycles. The van der Waals surface area contributed by atoms with Gasteiger partial charge in [-0.3, -0.25) is 18.7 Å². The van der Waals surface area contributed by atoms with Gasteiger partial charge in [0.1, 0.15) is 6.54 Å². The Morgan fingerprint density at radius 2 is 1.84 bits per heavy atom. The van der Waals surface area contributed by atoms with Crippen molar-refractivity contribution in [1.82, 2.24) is 14.5 Å². The number of benzene rings is 1. The number of carbonyl (C=O) groups is 1. The summed E-state index contributed by atoms with van der Waals surface area (Å²) in [6, 6.07) is 5.49. The van der Waals surface area contributed by atoms with Crippen LogP contribution < -0.4 is 26.0 Å². The molecular formula is C23H27N3O5. The number of amides is 1. The molecule has 8 heteroatoms. The third-order valence-electron chi connectivity index (χ3n) is 6.60. The number of aromatic nitrogens is 2. The quantitative estimate of drug-likeness (QED) is 0.792. The summed E-state index contributed by atoms with van der Waals surface area (Å²) in [5.41, 5.74) is 1.87. The van der Waals surface area contributed by atoms with E-state index in [0.29, 0.717) is 36.4 Å². The second kappa shape index (κ2) is 8.24. The van der Waals surface area contributed by atoms with Crippen molar-refractivity contribution in [2.75, 3.05) is 6.79 Å². The molecule has 0 bridgehead atoms. The van der Waals surface area contributed by atoms with Crippen LogP contribution in [0, 0.1) is 0 Å². The molecule has 0 unspecified atom stereocenters. The summed E-state index contributed by atoms with van der Waals surface area (Å²) in [6.45, 7) is 0.462. The highest BCUT2D eigenvalue weighted by molar-refractivity contribution is 5.75. The molecule has 1 aromatic carbocycles. The lowest BCUT2D eigenvalue weighted by Gasteiger charge is -2.25. The van der Waals surface area contributed by atoms with E-state index >= 15 is 0 Å². The molecular weight excluding hydrogens is 398 g/mol. The van der Waals surface area contributed by atoms with Crippen molar-refractivity contribution in [1.29, 1.82) is 0 Å². The molecule has 2 aliphatic carbocycles. The topological polar surface area (TPSA) is 91.6 Å². The van der Waals surface area contributed by atoms with E-state index in [9.17, 15) is 14.4 Å². The van der Waals surface area contributed by atoms with Crippen LogP contribution >= 0.6 is 0 Å². The van der Waals surface area contributed by atoms with Crippen LogP contribution in [0.4, 0.5) is 0 Å². The summed E-state index contributed by atoms with van der Waals surface area (Å²) in [5, 5.41) is 2.89. The second-order valence-electron chi connectivity index (χ2n) is 8.58. The Balaban J connectivity index is 1.37. The number of nitrogens with zero attached hydrogens (tertiary/aromatic N) is 2. The molecule has 3 aliphatic rings. The van der Waals surface area contributed by atoms with E-state index in [4.69, 9.17) is 9.47 Å². The lowest BCUT2D eigenvalue weighted by atomic mass is 9.95. The molecule has 2 heterocycles. The van der Waals surface area contributed by atoms with Gasteiger partial charge in [-0.25, -0.2) is 4.79 Å². The third kappa shape index (κ3) is 3.75. The van der Waals surface area contributed by atoms with Crippen LogP contribution in [0.3, 0.4) is 0 Å². The zero-order chi connectivity index (χ0) is 21.4. The van der Waals surface area contributed by atoms with Crippen LogP contribution in [0.2, 0.25) is 0 Å². The lowest BCUT2D eigenvalue weighted by Crippen LogP contribution is -2.46. The molecule has 1 N–H and O–H groups in total. The van der Waals surface area contributed by atoms with E-state index in [1.807, 2.05) is 18.2 Å². The molecule has 1 saturated carbocycles. The van der Waals surface area contributed by atoms with Crippen molar-refractivity contribution >= 4 is 5.91 Å². The highest BCUT2D eigenvalue weighted by Gasteiger charge is 2.28. The van der Waals surface area contributed by atoms with Crippen LogP contribution in [0.5, 0.6) is 11.5 Å². The lowest BCUT2D eigenvalue weighted by molar-refractivity contribution is -0.121. The average Bonchev–Trinajstić information content (AvgIpc) is 3.45. The minimum absolute atomic E-state index is 0.0532. The van der Waals surface area contributed by atoms with Gasteiger partial charge in [0.25, 0.3) is 5.56 Å². The van der Waals surface area contributed by atoms with Gasteiger partial charge in [-0.2, -0.15) is 0 Å².